The van der Waals surface area contributed by atoms with Crippen molar-refractivity contribution in [2.24, 2.45) is 0 Å². The number of nitrogen functional groups attached to an aromatic ring is 1. The first-order valence-corrected chi connectivity index (χ1v) is 3.29. The third kappa shape index (κ3) is 2.12. The molecule has 0 saturated heterocycles. The van der Waals surface area contributed by atoms with Crippen molar-refractivity contribution in [2.45, 2.75) is 0 Å². The summed E-state index contributed by atoms with van der Waals surface area (Å²) in [5.41, 5.74) is 5.97. The SMILES string of the molecule is COC(=O)/C=C/c1cnc(N)[nH]1. The maximum absolute atomic E-state index is 10.6. The summed E-state index contributed by atoms with van der Waals surface area (Å²) in [5, 5.41) is 0. The van der Waals surface area contributed by atoms with Gasteiger partial charge in [-0.3, -0.25) is 0 Å². The Morgan fingerprint density at radius 1 is 1.83 bits per heavy atom. The smallest absolute Gasteiger partial charge is 0.330 e. The van der Waals surface area contributed by atoms with Gasteiger partial charge < -0.3 is 15.5 Å². The molecule has 0 aliphatic carbocycles. The second kappa shape index (κ2) is 3.56. The molecule has 1 aromatic rings. The number of H-pyrrole nitrogens is 1. The maximum atomic E-state index is 10.6. The zero-order valence-electron chi connectivity index (χ0n) is 6.57. The van der Waals surface area contributed by atoms with Crippen LogP contribution in [0.3, 0.4) is 0 Å². The second-order valence-corrected chi connectivity index (χ2v) is 2.08. The van der Waals surface area contributed by atoms with E-state index in [9.17, 15) is 4.79 Å². The quantitative estimate of drug-likeness (QED) is 0.486. The van der Waals surface area contributed by atoms with Crippen LogP contribution >= 0.6 is 0 Å². The summed E-state index contributed by atoms with van der Waals surface area (Å²) in [6, 6.07) is 0. The van der Waals surface area contributed by atoms with E-state index in [0.717, 1.165) is 0 Å². The Bertz CT molecular complexity index is 303. The molecule has 0 saturated carbocycles. The molecule has 5 nitrogen and oxygen atoms in total. The van der Waals surface area contributed by atoms with Crippen molar-refractivity contribution < 1.29 is 9.53 Å². The molecule has 0 spiro atoms. The number of nitrogens with two attached hydrogens (primary N) is 1. The number of anilines is 1. The maximum Gasteiger partial charge on any atom is 0.330 e. The molecule has 0 radical (unpaired) electrons. The van der Waals surface area contributed by atoms with Gasteiger partial charge in [-0.1, -0.05) is 0 Å². The first kappa shape index (κ1) is 8.32. The highest BCUT2D eigenvalue weighted by Crippen LogP contribution is 1.99. The van der Waals surface area contributed by atoms with Gasteiger partial charge in [-0.15, -0.1) is 0 Å². The fraction of sp³-hybridized carbons (Fsp3) is 0.143. The van der Waals surface area contributed by atoms with Crippen LogP contribution in [0.5, 0.6) is 0 Å². The fourth-order valence-electron chi connectivity index (χ4n) is 0.662. The van der Waals surface area contributed by atoms with Crippen LogP contribution < -0.4 is 5.73 Å². The number of ether oxygens (including phenoxy) is 1. The highest BCUT2D eigenvalue weighted by molar-refractivity contribution is 5.86. The zero-order chi connectivity index (χ0) is 8.97. The molecule has 0 aliphatic heterocycles. The van der Waals surface area contributed by atoms with Crippen molar-refractivity contribution in [3.8, 4) is 0 Å². The Kier molecular flexibility index (Phi) is 2.47. The molecule has 12 heavy (non-hydrogen) atoms. The summed E-state index contributed by atoms with van der Waals surface area (Å²) in [6.07, 6.45) is 4.34. The van der Waals surface area contributed by atoms with Crippen LogP contribution in [0.25, 0.3) is 6.08 Å². The Morgan fingerprint density at radius 2 is 2.58 bits per heavy atom. The van der Waals surface area contributed by atoms with Crippen molar-refractivity contribution >= 4 is 18.0 Å². The molecule has 0 aromatic carbocycles. The molecule has 1 rings (SSSR count). The van der Waals surface area contributed by atoms with Crippen molar-refractivity contribution in [2.75, 3.05) is 12.8 Å². The number of imidazole rings is 1. The van der Waals surface area contributed by atoms with Crippen LogP contribution in [0.4, 0.5) is 5.95 Å². The van der Waals surface area contributed by atoms with E-state index >= 15 is 0 Å². The van der Waals surface area contributed by atoms with E-state index in [1.54, 1.807) is 0 Å². The third-order valence-electron chi connectivity index (χ3n) is 1.22. The van der Waals surface area contributed by atoms with Crippen molar-refractivity contribution in [3.05, 3.63) is 18.0 Å². The molecule has 1 heterocycles. The molecule has 1 aromatic heterocycles. The minimum atomic E-state index is -0.414. The standard InChI is InChI=1S/C7H9N3O2/c1-12-6(11)3-2-5-4-9-7(8)10-5/h2-4H,1H3,(H3,8,9,10)/b3-2+. The number of hydrogen-bond acceptors (Lipinski definition) is 4. The van der Waals surface area contributed by atoms with Gasteiger partial charge >= 0.3 is 5.97 Å². The lowest BCUT2D eigenvalue weighted by atomic mass is 10.4. The average Bonchev–Trinajstić information content (AvgIpc) is 2.47. The minimum absolute atomic E-state index is 0.319. The molecule has 0 amide bonds. The summed E-state index contributed by atoms with van der Waals surface area (Å²) >= 11 is 0. The number of carbonyl (C=O) groups is 1. The average molecular weight is 167 g/mol. The third-order valence-corrected chi connectivity index (χ3v) is 1.22. The monoisotopic (exact) mass is 167 g/mol. The van der Waals surface area contributed by atoms with E-state index < -0.39 is 5.97 Å². The number of methoxy groups -OCH3 is 1. The number of nitrogens with one attached hydrogen (secondary N) is 1. The van der Waals surface area contributed by atoms with Gasteiger partial charge in [-0.25, -0.2) is 9.78 Å². The Balaban J connectivity index is 2.63. The first-order valence-electron chi connectivity index (χ1n) is 3.29. The Morgan fingerprint density at radius 3 is 3.08 bits per heavy atom. The highest BCUT2D eigenvalue weighted by atomic mass is 16.5. The van der Waals surface area contributed by atoms with E-state index in [4.69, 9.17) is 5.73 Å². The number of rotatable bonds is 2. The molecule has 0 fully saturated rings. The lowest BCUT2D eigenvalue weighted by molar-refractivity contribution is -0.134. The molecular formula is C7H9N3O2. The van der Waals surface area contributed by atoms with Gasteiger partial charge in [0.25, 0.3) is 0 Å². The first-order chi connectivity index (χ1) is 5.72. The van der Waals surface area contributed by atoms with E-state index in [0.29, 0.717) is 11.6 Å². The van der Waals surface area contributed by atoms with Crippen LogP contribution in [-0.4, -0.2) is 23.0 Å². The van der Waals surface area contributed by atoms with Gasteiger partial charge in [0.05, 0.1) is 19.0 Å². The number of esters is 1. The molecule has 64 valence electrons. The molecule has 0 unspecified atom stereocenters. The number of aromatic amines is 1. The molecule has 5 heteroatoms. The van der Waals surface area contributed by atoms with Gasteiger partial charge in [0.2, 0.25) is 0 Å². The minimum Gasteiger partial charge on any atom is -0.466 e. The lowest BCUT2D eigenvalue weighted by Gasteiger charge is -1.87. The van der Waals surface area contributed by atoms with Crippen molar-refractivity contribution in [1.82, 2.24) is 9.97 Å². The molecule has 3 N–H and O–H groups in total. The van der Waals surface area contributed by atoms with Crippen molar-refractivity contribution in [1.29, 1.82) is 0 Å². The Hall–Kier alpha value is -1.78. The van der Waals surface area contributed by atoms with E-state index in [1.807, 2.05) is 0 Å². The predicted octanol–water partition coefficient (Wildman–Crippen LogP) is 0.178. The van der Waals surface area contributed by atoms with E-state index in [1.165, 1.54) is 25.5 Å². The molecule has 0 aliphatic rings. The molecule has 0 bridgehead atoms. The van der Waals surface area contributed by atoms with Gasteiger partial charge in [-0.05, 0) is 6.08 Å². The number of carbonyl (C=O) groups excluding carboxylic acids is 1. The summed E-state index contributed by atoms with van der Waals surface area (Å²) in [7, 11) is 1.31. The number of nitrogens with zero attached hydrogens (tertiary/aromatic N) is 1. The second-order valence-electron chi connectivity index (χ2n) is 2.08. The summed E-state index contributed by atoms with van der Waals surface area (Å²) in [5.74, 6) is -0.0947. The van der Waals surface area contributed by atoms with Crippen LogP contribution in [-0.2, 0) is 9.53 Å². The van der Waals surface area contributed by atoms with Crippen molar-refractivity contribution in [3.63, 3.8) is 0 Å². The summed E-state index contributed by atoms with van der Waals surface area (Å²) in [4.78, 5) is 17.1. The number of aromatic nitrogens is 2. The topological polar surface area (TPSA) is 81.0 Å². The van der Waals surface area contributed by atoms with Gasteiger partial charge in [0, 0.05) is 6.08 Å². The zero-order valence-corrected chi connectivity index (χ0v) is 6.57. The number of hydrogen-bond donors (Lipinski definition) is 2. The van der Waals surface area contributed by atoms with Crippen LogP contribution in [0.1, 0.15) is 5.69 Å². The summed E-state index contributed by atoms with van der Waals surface area (Å²) < 4.78 is 4.39. The fourth-order valence-corrected chi connectivity index (χ4v) is 0.662. The largest absolute Gasteiger partial charge is 0.466 e. The van der Waals surface area contributed by atoms with Gasteiger partial charge in [0.15, 0.2) is 5.95 Å². The lowest BCUT2D eigenvalue weighted by Crippen LogP contribution is -1.93. The summed E-state index contributed by atoms with van der Waals surface area (Å²) in [6.45, 7) is 0. The van der Waals surface area contributed by atoms with E-state index in [-0.39, 0.29) is 0 Å². The predicted molar refractivity (Wildman–Crippen MR) is 44.1 cm³/mol. The van der Waals surface area contributed by atoms with Crippen LogP contribution in [0, 0.1) is 0 Å². The van der Waals surface area contributed by atoms with Gasteiger partial charge in [-0.2, -0.15) is 0 Å². The van der Waals surface area contributed by atoms with Gasteiger partial charge in [0.1, 0.15) is 0 Å². The highest BCUT2D eigenvalue weighted by Gasteiger charge is 1.93. The molecule has 0 atom stereocenters. The normalized spacial score (nSPS) is 10.4. The van der Waals surface area contributed by atoms with E-state index in [2.05, 4.69) is 14.7 Å². The van der Waals surface area contributed by atoms with Crippen LogP contribution in [0.15, 0.2) is 12.3 Å². The molecular weight excluding hydrogens is 158 g/mol. The van der Waals surface area contributed by atoms with Crippen LogP contribution in [0.2, 0.25) is 0 Å². The Labute approximate surface area is 69.2 Å².